The van der Waals surface area contributed by atoms with Crippen LogP contribution in [0.15, 0.2) is 36.0 Å². The second kappa shape index (κ2) is 7.43. The van der Waals surface area contributed by atoms with Gasteiger partial charge in [-0.1, -0.05) is 30.3 Å². The van der Waals surface area contributed by atoms with Crippen LogP contribution < -0.4 is 0 Å². The monoisotopic (exact) mass is 303 g/mol. The van der Waals surface area contributed by atoms with Gasteiger partial charge in [-0.3, -0.25) is 9.69 Å². The summed E-state index contributed by atoms with van der Waals surface area (Å²) in [5.74, 6) is 0.383. The minimum Gasteiger partial charge on any atom is -0.468 e. The molecule has 1 aromatic rings. The molecule has 22 heavy (non-hydrogen) atoms. The van der Waals surface area contributed by atoms with Crippen molar-refractivity contribution in [2.75, 3.05) is 13.7 Å². The van der Waals surface area contributed by atoms with Crippen LogP contribution in [0.1, 0.15) is 18.4 Å². The minimum absolute atomic E-state index is 0.0174. The second-order valence-electron chi connectivity index (χ2n) is 4.90. The first kappa shape index (κ1) is 15.8. The summed E-state index contributed by atoms with van der Waals surface area (Å²) in [6.07, 6.45) is 0.390. The Hall–Kier alpha value is -2.59. The topological polar surface area (TPSA) is 72.9 Å². The number of amides is 1. The van der Waals surface area contributed by atoms with Gasteiger partial charge in [0.25, 0.3) is 0 Å². The predicted octanol–water partition coefficient (Wildman–Crippen LogP) is 1.92. The van der Waals surface area contributed by atoms with E-state index in [2.05, 4.69) is 4.74 Å². The highest BCUT2D eigenvalue weighted by Crippen LogP contribution is 2.27. The largest absolute Gasteiger partial charge is 0.468 e. The second-order valence-corrected chi connectivity index (χ2v) is 4.90. The zero-order valence-corrected chi connectivity index (χ0v) is 12.3. The molecule has 1 aliphatic rings. The van der Waals surface area contributed by atoms with Crippen LogP contribution in [0.25, 0.3) is 0 Å². The van der Waals surface area contributed by atoms with E-state index in [1.54, 1.807) is 5.94 Å². The summed E-state index contributed by atoms with van der Waals surface area (Å²) in [6.45, 7) is 0.427. The number of rotatable bonds is 3. The lowest BCUT2D eigenvalue weighted by Gasteiger charge is -2.31. The van der Waals surface area contributed by atoms with Crippen LogP contribution in [0.4, 0.5) is 4.79 Å². The normalized spacial score (nSPS) is 17.6. The summed E-state index contributed by atoms with van der Waals surface area (Å²) < 4.78 is 9.86. The Morgan fingerprint density at radius 3 is 2.68 bits per heavy atom. The summed E-state index contributed by atoms with van der Waals surface area (Å²) in [5.41, 5.74) is 0.824. The number of hydrogen-bond acceptors (Lipinski definition) is 5. The molecule has 1 atom stereocenters. The van der Waals surface area contributed by atoms with Crippen molar-refractivity contribution in [3.05, 3.63) is 41.6 Å². The van der Waals surface area contributed by atoms with E-state index >= 15 is 0 Å². The predicted molar refractivity (Wildman–Crippen MR) is 77.3 cm³/mol. The molecule has 1 fully saturated rings. The average Bonchev–Trinajstić information content (AvgIpc) is 2.59. The van der Waals surface area contributed by atoms with Crippen molar-refractivity contribution in [2.24, 2.45) is 5.92 Å². The Balaban J connectivity index is 2.04. The molecule has 0 bridgehead atoms. The number of carbonyl (C=O) groups excluding carboxylic acids is 3. The third-order valence-electron chi connectivity index (χ3n) is 3.51. The van der Waals surface area contributed by atoms with Crippen molar-refractivity contribution < 1.29 is 23.9 Å². The van der Waals surface area contributed by atoms with Gasteiger partial charge in [-0.15, -0.1) is 0 Å². The molecule has 116 valence electrons. The Labute approximate surface area is 128 Å². The molecule has 1 heterocycles. The van der Waals surface area contributed by atoms with E-state index in [9.17, 15) is 14.4 Å². The van der Waals surface area contributed by atoms with E-state index in [0.29, 0.717) is 19.4 Å². The number of ether oxygens (including phenoxy) is 2. The van der Waals surface area contributed by atoms with Gasteiger partial charge in [-0.25, -0.2) is 9.59 Å². The third-order valence-corrected chi connectivity index (χ3v) is 3.51. The molecule has 0 N–H and O–H groups in total. The van der Waals surface area contributed by atoms with E-state index in [1.807, 2.05) is 30.3 Å². The minimum atomic E-state index is -0.763. The molecule has 0 radical (unpaired) electrons. The van der Waals surface area contributed by atoms with Gasteiger partial charge in [0, 0.05) is 6.54 Å². The van der Waals surface area contributed by atoms with E-state index in [4.69, 9.17) is 4.74 Å². The number of likely N-dealkylation sites (tertiary alicyclic amines) is 1. The SMILES string of the molecule is COC(=O)C1CCCN(C(=O)OCc2ccccc2)C1=C=O. The molecule has 1 saturated heterocycles. The van der Waals surface area contributed by atoms with E-state index < -0.39 is 18.0 Å². The van der Waals surface area contributed by atoms with Crippen LogP contribution in [0.3, 0.4) is 0 Å². The summed E-state index contributed by atoms with van der Waals surface area (Å²) in [4.78, 5) is 36.2. The Kier molecular flexibility index (Phi) is 5.33. The molecular weight excluding hydrogens is 286 g/mol. The maximum absolute atomic E-state index is 12.1. The number of methoxy groups -OCH3 is 1. The van der Waals surface area contributed by atoms with Crippen LogP contribution in [0.5, 0.6) is 0 Å². The van der Waals surface area contributed by atoms with Crippen molar-refractivity contribution in [3.8, 4) is 0 Å². The molecule has 6 nitrogen and oxygen atoms in total. The number of hydrogen-bond donors (Lipinski definition) is 0. The Morgan fingerprint density at radius 2 is 2.05 bits per heavy atom. The van der Waals surface area contributed by atoms with Gasteiger partial charge < -0.3 is 9.47 Å². The van der Waals surface area contributed by atoms with Crippen molar-refractivity contribution in [2.45, 2.75) is 19.4 Å². The summed E-state index contributed by atoms with van der Waals surface area (Å²) in [6, 6.07) is 9.21. The molecule has 1 unspecified atom stereocenters. The molecule has 1 aromatic carbocycles. The van der Waals surface area contributed by atoms with Crippen molar-refractivity contribution in [3.63, 3.8) is 0 Å². The zero-order valence-electron chi connectivity index (χ0n) is 12.3. The molecule has 1 aliphatic heterocycles. The quantitative estimate of drug-likeness (QED) is 0.630. The molecule has 0 spiro atoms. The summed E-state index contributed by atoms with van der Waals surface area (Å²) >= 11 is 0. The van der Waals surface area contributed by atoms with Gasteiger partial charge in [-0.2, -0.15) is 0 Å². The number of carbonyl (C=O) groups is 2. The highest BCUT2D eigenvalue weighted by Gasteiger charge is 2.36. The van der Waals surface area contributed by atoms with Crippen LogP contribution in [0, 0.1) is 5.92 Å². The highest BCUT2D eigenvalue weighted by molar-refractivity contribution is 5.83. The van der Waals surface area contributed by atoms with Gasteiger partial charge in [0.15, 0.2) is 0 Å². The van der Waals surface area contributed by atoms with E-state index in [-0.39, 0.29) is 12.3 Å². The zero-order chi connectivity index (χ0) is 15.9. The lowest BCUT2D eigenvalue weighted by Crippen LogP contribution is -2.41. The number of piperidine rings is 1. The first-order chi connectivity index (χ1) is 10.7. The number of benzene rings is 1. The van der Waals surface area contributed by atoms with E-state index in [1.165, 1.54) is 12.0 Å². The molecule has 0 aromatic heterocycles. The summed E-state index contributed by atoms with van der Waals surface area (Å²) in [7, 11) is 1.25. The lowest BCUT2D eigenvalue weighted by atomic mass is 9.95. The third kappa shape index (κ3) is 3.54. The fourth-order valence-electron chi connectivity index (χ4n) is 2.38. The van der Waals surface area contributed by atoms with Crippen LogP contribution in [-0.2, 0) is 25.7 Å². The Morgan fingerprint density at radius 1 is 1.32 bits per heavy atom. The molecule has 1 amide bonds. The number of esters is 1. The molecule has 6 heteroatoms. The maximum Gasteiger partial charge on any atom is 0.414 e. The van der Waals surface area contributed by atoms with Crippen LogP contribution in [0.2, 0.25) is 0 Å². The Bertz CT molecular complexity index is 592. The summed E-state index contributed by atoms with van der Waals surface area (Å²) in [5, 5.41) is 0. The van der Waals surface area contributed by atoms with Crippen molar-refractivity contribution in [1.29, 1.82) is 0 Å². The van der Waals surface area contributed by atoms with E-state index in [0.717, 1.165) is 5.56 Å². The molecule has 2 rings (SSSR count). The van der Waals surface area contributed by atoms with Crippen LogP contribution in [-0.4, -0.2) is 36.6 Å². The standard InChI is InChI=1S/C16H17NO5/c1-21-15(19)13-8-5-9-17(14(13)10-18)16(20)22-11-12-6-3-2-4-7-12/h2-4,6-7,13H,5,8-9,11H2,1H3. The van der Waals surface area contributed by atoms with Gasteiger partial charge >= 0.3 is 12.1 Å². The van der Waals surface area contributed by atoms with Gasteiger partial charge in [0.05, 0.1) is 7.11 Å². The maximum atomic E-state index is 12.1. The fraction of sp³-hybridized carbons (Fsp3) is 0.375. The van der Waals surface area contributed by atoms with Gasteiger partial charge in [-0.05, 0) is 18.4 Å². The highest BCUT2D eigenvalue weighted by atomic mass is 16.6. The molecular formula is C16H17NO5. The fourth-order valence-corrected chi connectivity index (χ4v) is 2.38. The van der Waals surface area contributed by atoms with Gasteiger partial charge in [0.1, 0.15) is 24.2 Å². The lowest BCUT2D eigenvalue weighted by molar-refractivity contribution is -0.145. The molecule has 0 saturated carbocycles. The first-order valence-corrected chi connectivity index (χ1v) is 6.98. The van der Waals surface area contributed by atoms with Gasteiger partial charge in [0.2, 0.25) is 0 Å². The average molecular weight is 303 g/mol. The van der Waals surface area contributed by atoms with Crippen molar-refractivity contribution >= 4 is 18.0 Å². The van der Waals surface area contributed by atoms with Crippen LogP contribution >= 0.6 is 0 Å². The van der Waals surface area contributed by atoms with Crippen molar-refractivity contribution in [1.82, 2.24) is 4.90 Å². The smallest absolute Gasteiger partial charge is 0.414 e. The molecule has 0 aliphatic carbocycles. The first-order valence-electron chi connectivity index (χ1n) is 6.98. The number of nitrogens with zero attached hydrogens (tertiary/aromatic N) is 1.